The quantitative estimate of drug-likeness (QED) is 0.199. The highest BCUT2D eigenvalue weighted by atomic mass is 127. The third-order valence-electron chi connectivity index (χ3n) is 4.00. The van der Waals surface area contributed by atoms with Crippen LogP contribution in [0.4, 0.5) is 0 Å². The highest BCUT2D eigenvalue weighted by Crippen LogP contribution is 2.38. The van der Waals surface area contributed by atoms with Crippen molar-refractivity contribution >= 4 is 46.8 Å². The summed E-state index contributed by atoms with van der Waals surface area (Å²) in [6.45, 7) is 13.8. The van der Waals surface area contributed by atoms with Crippen molar-refractivity contribution in [1.82, 2.24) is 4.98 Å². The van der Waals surface area contributed by atoms with Gasteiger partial charge in [0.1, 0.15) is 9.80 Å². The molecule has 0 aliphatic heterocycles. The molecule has 0 aliphatic rings. The maximum Gasteiger partial charge on any atom is 0.197 e. The zero-order valence-electron chi connectivity index (χ0n) is 15.4. The van der Waals surface area contributed by atoms with Crippen molar-refractivity contribution in [1.29, 1.82) is 0 Å². The lowest BCUT2D eigenvalue weighted by Gasteiger charge is -2.37. The summed E-state index contributed by atoms with van der Waals surface area (Å²) >= 11 is 5.56. The van der Waals surface area contributed by atoms with E-state index in [0.717, 1.165) is 3.70 Å². The van der Waals surface area contributed by atoms with Crippen molar-refractivity contribution in [3.63, 3.8) is 0 Å². The number of hydrogen-bond donors (Lipinski definition) is 0. The summed E-state index contributed by atoms with van der Waals surface area (Å²) in [5.74, 6) is 1.17. The van der Waals surface area contributed by atoms with E-state index in [1.807, 2.05) is 13.0 Å². The molecule has 1 aromatic heterocycles. The van der Waals surface area contributed by atoms with Crippen LogP contribution in [-0.4, -0.2) is 39.9 Å². The fraction of sp³-hybridized carbons (Fsp3) is 0.688. The van der Waals surface area contributed by atoms with Crippen molar-refractivity contribution in [2.45, 2.75) is 51.9 Å². The minimum Gasteiger partial charge on any atom is -0.484 e. The maximum absolute atomic E-state index is 6.23. The number of hydrogen-bond acceptors (Lipinski definition) is 5. The van der Waals surface area contributed by atoms with Gasteiger partial charge in [-0.3, -0.25) is 0 Å². The highest BCUT2D eigenvalue weighted by Gasteiger charge is 2.37. The molecule has 24 heavy (non-hydrogen) atoms. The Balaban J connectivity index is 2.81. The summed E-state index contributed by atoms with van der Waals surface area (Å²) < 4.78 is 24.2. The fourth-order valence-corrected chi connectivity index (χ4v) is 4.02. The number of pyridine rings is 1. The summed E-state index contributed by atoms with van der Waals surface area (Å²) in [7, 11) is -0.222. The highest BCUT2D eigenvalue weighted by molar-refractivity contribution is 14.1. The molecule has 0 aromatic carbocycles. The van der Waals surface area contributed by atoms with Crippen LogP contribution in [0.5, 0.6) is 11.5 Å². The average molecular weight is 532 g/mol. The number of rotatable bonds is 8. The van der Waals surface area contributed by atoms with Gasteiger partial charge in [-0.2, -0.15) is 0 Å². The van der Waals surface area contributed by atoms with Gasteiger partial charge in [0.05, 0.1) is 6.61 Å². The van der Waals surface area contributed by atoms with Crippen LogP contribution in [-0.2, 0) is 9.16 Å². The molecule has 1 atom stereocenters. The van der Waals surface area contributed by atoms with Crippen LogP contribution >= 0.6 is 38.5 Å². The molecule has 0 saturated carbocycles. The summed E-state index contributed by atoms with van der Waals surface area (Å²) in [6.07, 6.45) is -0.103. The second-order valence-electron chi connectivity index (χ2n) is 7.11. The first-order chi connectivity index (χ1) is 11.0. The first-order valence-corrected chi connectivity index (χ1v) is 12.5. The molecule has 0 aliphatic carbocycles. The zero-order valence-corrected chi connectivity index (χ0v) is 20.1. The smallest absolute Gasteiger partial charge is 0.197 e. The third-order valence-corrected chi connectivity index (χ3v) is 9.59. The topological polar surface area (TPSA) is 49.8 Å². The molecule has 0 amide bonds. The first kappa shape index (κ1) is 22.1. The lowest BCUT2D eigenvalue weighted by atomic mass is 10.2. The van der Waals surface area contributed by atoms with Crippen molar-refractivity contribution in [2.75, 3.05) is 20.5 Å². The van der Waals surface area contributed by atoms with Crippen LogP contribution < -0.4 is 9.47 Å². The maximum atomic E-state index is 6.23. The van der Waals surface area contributed by atoms with E-state index in [-0.39, 0.29) is 17.9 Å². The number of nitrogens with zero attached hydrogens (tertiary/aromatic N) is 1. The minimum atomic E-state index is -1.80. The number of aromatic nitrogens is 1. The van der Waals surface area contributed by atoms with E-state index in [4.69, 9.17) is 18.6 Å². The molecule has 0 fully saturated rings. The third kappa shape index (κ3) is 6.43. The Morgan fingerprint density at radius 1 is 1.33 bits per heavy atom. The summed E-state index contributed by atoms with van der Waals surface area (Å²) in [5, 5.41) is 0.175. The molecule has 1 aromatic rings. The van der Waals surface area contributed by atoms with Crippen LogP contribution in [0.1, 0.15) is 27.7 Å². The summed E-state index contributed by atoms with van der Waals surface area (Å²) in [6, 6.07) is 1.85. The van der Waals surface area contributed by atoms with Gasteiger partial charge in [-0.15, -0.1) is 0 Å². The van der Waals surface area contributed by atoms with E-state index in [2.05, 4.69) is 77.4 Å². The van der Waals surface area contributed by atoms with Crippen LogP contribution in [0.15, 0.2) is 10.7 Å². The molecule has 138 valence electrons. The number of ether oxygens (including phenoxy) is 3. The Hall–Kier alpha value is 0.0969. The van der Waals surface area contributed by atoms with Crippen molar-refractivity contribution in [3.8, 4) is 11.5 Å². The molecule has 0 N–H and O–H groups in total. The van der Waals surface area contributed by atoms with Gasteiger partial charge in [0.25, 0.3) is 0 Å². The zero-order chi connectivity index (χ0) is 18.5. The monoisotopic (exact) mass is 531 g/mol. The predicted molar refractivity (Wildman–Crippen MR) is 110 cm³/mol. The molecular formula is C16H27BrINO4Si. The summed E-state index contributed by atoms with van der Waals surface area (Å²) in [4.78, 5) is 4.33. The number of halogens is 2. The fourth-order valence-electron chi connectivity index (χ4n) is 1.58. The van der Waals surface area contributed by atoms with Gasteiger partial charge < -0.3 is 18.6 Å². The van der Waals surface area contributed by atoms with Crippen molar-refractivity contribution in [3.05, 3.63) is 14.4 Å². The van der Waals surface area contributed by atoms with Crippen LogP contribution in [0.25, 0.3) is 0 Å². The van der Waals surface area contributed by atoms with Crippen LogP contribution in [0.2, 0.25) is 18.1 Å². The largest absolute Gasteiger partial charge is 0.484 e. The van der Waals surface area contributed by atoms with Gasteiger partial charge >= 0.3 is 0 Å². The Morgan fingerprint density at radius 2 is 1.96 bits per heavy atom. The molecule has 0 spiro atoms. The van der Waals surface area contributed by atoms with E-state index >= 15 is 0 Å². The molecule has 1 heterocycles. The van der Waals surface area contributed by atoms with E-state index < -0.39 is 8.32 Å². The van der Waals surface area contributed by atoms with Gasteiger partial charge in [-0.1, -0.05) is 20.8 Å². The number of methoxy groups -OCH3 is 1. The SMILES string of the molecule is COCOc1c(O[C@@H](C)CO[Si](C)(C)C(C)(C)C)cc(I)nc1Br. The molecular weight excluding hydrogens is 505 g/mol. The molecule has 8 heteroatoms. The molecule has 0 unspecified atom stereocenters. The van der Waals surface area contributed by atoms with E-state index in [9.17, 15) is 0 Å². The van der Waals surface area contributed by atoms with Crippen molar-refractivity contribution in [2.24, 2.45) is 0 Å². The molecule has 5 nitrogen and oxygen atoms in total. The standard InChI is InChI=1S/C16H27BrINO4Si/c1-11(9-22-24(6,7)16(2,3)4)23-12-8-13(18)19-15(17)14(12)21-10-20-5/h8,11H,9-10H2,1-7H3/t11-/m0/s1. The van der Waals surface area contributed by atoms with E-state index in [0.29, 0.717) is 22.7 Å². The van der Waals surface area contributed by atoms with Gasteiger partial charge in [0.2, 0.25) is 0 Å². The van der Waals surface area contributed by atoms with Crippen LogP contribution in [0, 0.1) is 3.70 Å². The van der Waals surface area contributed by atoms with Crippen molar-refractivity contribution < 1.29 is 18.6 Å². The van der Waals surface area contributed by atoms with Gasteiger partial charge in [0, 0.05) is 13.2 Å². The second kappa shape index (κ2) is 9.16. The molecule has 1 rings (SSSR count). The lowest BCUT2D eigenvalue weighted by Crippen LogP contribution is -2.43. The Morgan fingerprint density at radius 3 is 2.50 bits per heavy atom. The first-order valence-electron chi connectivity index (χ1n) is 7.76. The Bertz CT molecular complexity index is 552. The summed E-state index contributed by atoms with van der Waals surface area (Å²) in [5.41, 5.74) is 0. The van der Waals surface area contributed by atoms with E-state index in [1.54, 1.807) is 7.11 Å². The van der Waals surface area contributed by atoms with E-state index in [1.165, 1.54) is 0 Å². The lowest BCUT2D eigenvalue weighted by molar-refractivity contribution is 0.0449. The average Bonchev–Trinajstić information content (AvgIpc) is 2.43. The molecule has 0 saturated heterocycles. The van der Waals surface area contributed by atoms with Crippen LogP contribution in [0.3, 0.4) is 0 Å². The second-order valence-corrected chi connectivity index (χ2v) is 13.8. The molecule has 0 bridgehead atoms. The normalized spacial score (nSPS) is 13.7. The van der Waals surface area contributed by atoms with Gasteiger partial charge in [-0.25, -0.2) is 4.98 Å². The Labute approximate surface area is 168 Å². The Kier molecular flexibility index (Phi) is 8.45. The van der Waals surface area contributed by atoms with Gasteiger partial charge in [-0.05, 0) is 63.6 Å². The molecule has 0 radical (unpaired) electrons. The predicted octanol–water partition coefficient (Wildman–Crippen LogP) is 5.22. The van der Waals surface area contributed by atoms with Gasteiger partial charge in [0.15, 0.2) is 31.2 Å². The minimum absolute atomic E-state index is 0.103.